The van der Waals surface area contributed by atoms with Gasteiger partial charge in [-0.15, -0.1) is 0 Å². The molecule has 0 unspecified atom stereocenters. The van der Waals surface area contributed by atoms with Crippen molar-refractivity contribution in [3.8, 4) is 0 Å². The van der Waals surface area contributed by atoms with Gasteiger partial charge in [0.05, 0.1) is 10.4 Å². The minimum absolute atomic E-state index is 0.00231. The van der Waals surface area contributed by atoms with E-state index in [1.165, 1.54) is 6.08 Å². The van der Waals surface area contributed by atoms with Crippen molar-refractivity contribution in [2.75, 3.05) is 5.33 Å². The third kappa shape index (κ3) is 4.11. The Morgan fingerprint density at radius 2 is 2.09 bits per heavy atom. The molecule has 0 aliphatic rings. The van der Waals surface area contributed by atoms with Gasteiger partial charge in [-0.1, -0.05) is 34.1 Å². The first-order chi connectivity index (χ1) is 5.11. The Morgan fingerprint density at radius 1 is 1.55 bits per heavy atom. The molecule has 0 saturated heterocycles. The van der Waals surface area contributed by atoms with Crippen LogP contribution in [0.2, 0.25) is 0 Å². The van der Waals surface area contributed by atoms with Crippen molar-refractivity contribution >= 4 is 27.5 Å². The Kier molecular flexibility index (Phi) is 5.07. The quantitative estimate of drug-likeness (QED) is 0.451. The molecular formula is C7H8BrClO2. The third-order valence-electron chi connectivity index (χ3n) is 0.864. The Morgan fingerprint density at radius 3 is 2.45 bits per heavy atom. The van der Waals surface area contributed by atoms with Gasteiger partial charge in [0.15, 0.2) is 0 Å². The molecule has 2 N–H and O–H groups in total. The van der Waals surface area contributed by atoms with Crippen molar-refractivity contribution in [1.29, 1.82) is 0 Å². The average molecular weight is 239 g/mol. The molecule has 2 nitrogen and oxygen atoms in total. The second-order valence-electron chi connectivity index (χ2n) is 1.71. The summed E-state index contributed by atoms with van der Waals surface area (Å²) in [6.45, 7) is 3.34. The normalized spacial score (nSPS) is 14.2. The molecular weight excluding hydrogens is 231 g/mol. The lowest BCUT2D eigenvalue weighted by Crippen LogP contribution is -1.85. The van der Waals surface area contributed by atoms with E-state index >= 15 is 0 Å². The summed E-state index contributed by atoms with van der Waals surface area (Å²) in [4.78, 5) is 0. The van der Waals surface area contributed by atoms with Crippen LogP contribution in [0.4, 0.5) is 0 Å². The zero-order valence-corrected chi connectivity index (χ0v) is 8.06. The van der Waals surface area contributed by atoms with E-state index in [-0.39, 0.29) is 21.9 Å². The molecule has 0 aliphatic carbocycles. The summed E-state index contributed by atoms with van der Waals surface area (Å²) in [7, 11) is 0. The third-order valence-corrected chi connectivity index (χ3v) is 1.79. The Bertz CT molecular complexity index is 208. The summed E-state index contributed by atoms with van der Waals surface area (Å²) >= 11 is 8.45. The van der Waals surface area contributed by atoms with Crippen LogP contribution in [0.25, 0.3) is 0 Å². The fourth-order valence-electron chi connectivity index (χ4n) is 0.370. The van der Waals surface area contributed by atoms with Crippen LogP contribution in [0.5, 0.6) is 0 Å². The second-order valence-corrected chi connectivity index (χ2v) is 2.67. The Labute approximate surface area is 78.6 Å². The molecule has 0 heterocycles. The second kappa shape index (κ2) is 5.27. The number of hydrogen-bond acceptors (Lipinski definition) is 2. The topological polar surface area (TPSA) is 40.5 Å². The van der Waals surface area contributed by atoms with E-state index in [0.29, 0.717) is 0 Å². The molecule has 0 saturated carbocycles. The van der Waals surface area contributed by atoms with E-state index in [4.69, 9.17) is 21.8 Å². The number of allylic oxidation sites excluding steroid dienone is 4. The summed E-state index contributed by atoms with van der Waals surface area (Å²) in [6.07, 6.45) is 2.44. The van der Waals surface area contributed by atoms with E-state index in [2.05, 4.69) is 22.5 Å². The predicted molar refractivity (Wildman–Crippen MR) is 50.2 cm³/mol. The van der Waals surface area contributed by atoms with Crippen LogP contribution in [-0.4, -0.2) is 15.5 Å². The van der Waals surface area contributed by atoms with Crippen LogP contribution in [-0.2, 0) is 0 Å². The van der Waals surface area contributed by atoms with Crippen molar-refractivity contribution < 1.29 is 10.2 Å². The number of halogens is 2. The van der Waals surface area contributed by atoms with Crippen molar-refractivity contribution in [2.45, 2.75) is 0 Å². The molecule has 0 aromatic heterocycles. The average Bonchev–Trinajstić information content (AvgIpc) is 2.02. The maximum atomic E-state index is 9.04. The SMILES string of the molecule is C=C/C(Cl)=C(O)\C=C(\O)CBr. The molecule has 0 fully saturated rings. The van der Waals surface area contributed by atoms with E-state index in [0.717, 1.165) is 6.08 Å². The highest BCUT2D eigenvalue weighted by molar-refractivity contribution is 9.09. The van der Waals surface area contributed by atoms with Crippen molar-refractivity contribution in [3.63, 3.8) is 0 Å². The fraction of sp³-hybridized carbons (Fsp3) is 0.143. The molecule has 0 radical (unpaired) electrons. The summed E-state index contributed by atoms with van der Waals surface area (Å²) in [5.41, 5.74) is 0. The minimum atomic E-state index is -0.196. The first kappa shape index (κ1) is 10.6. The number of rotatable bonds is 3. The number of aliphatic hydroxyl groups is 2. The minimum Gasteiger partial charge on any atom is -0.511 e. The van der Waals surface area contributed by atoms with Gasteiger partial charge in [-0.2, -0.15) is 0 Å². The van der Waals surface area contributed by atoms with Crippen molar-refractivity contribution in [3.05, 3.63) is 35.3 Å². The summed E-state index contributed by atoms with van der Waals surface area (Å²) in [5, 5.41) is 18.3. The van der Waals surface area contributed by atoms with Gasteiger partial charge < -0.3 is 10.2 Å². The molecule has 0 aromatic carbocycles. The lowest BCUT2D eigenvalue weighted by molar-refractivity contribution is 0.395. The van der Waals surface area contributed by atoms with Gasteiger partial charge in [0, 0.05) is 6.08 Å². The highest BCUT2D eigenvalue weighted by atomic mass is 79.9. The van der Waals surface area contributed by atoms with E-state index in [1.54, 1.807) is 0 Å². The monoisotopic (exact) mass is 238 g/mol. The molecule has 0 aliphatic heterocycles. The van der Waals surface area contributed by atoms with E-state index in [1.807, 2.05) is 0 Å². The van der Waals surface area contributed by atoms with Crippen molar-refractivity contribution in [1.82, 2.24) is 0 Å². The first-order valence-electron chi connectivity index (χ1n) is 2.78. The van der Waals surface area contributed by atoms with Gasteiger partial charge in [-0.05, 0) is 6.08 Å². The van der Waals surface area contributed by atoms with E-state index < -0.39 is 0 Å². The number of alkyl halides is 1. The van der Waals surface area contributed by atoms with Gasteiger partial charge in [0.1, 0.15) is 11.5 Å². The maximum Gasteiger partial charge on any atom is 0.137 e. The zero-order chi connectivity index (χ0) is 8.85. The van der Waals surface area contributed by atoms with Crippen LogP contribution in [0, 0.1) is 0 Å². The Hall–Kier alpha value is -0.410. The smallest absolute Gasteiger partial charge is 0.137 e. The largest absolute Gasteiger partial charge is 0.511 e. The van der Waals surface area contributed by atoms with Gasteiger partial charge in [0.25, 0.3) is 0 Å². The molecule has 4 heteroatoms. The lowest BCUT2D eigenvalue weighted by Gasteiger charge is -1.94. The summed E-state index contributed by atoms with van der Waals surface area (Å²) in [6, 6.07) is 0. The maximum absolute atomic E-state index is 9.04. The first-order valence-corrected chi connectivity index (χ1v) is 4.28. The summed E-state index contributed by atoms with van der Waals surface area (Å²) < 4.78 is 0. The lowest BCUT2D eigenvalue weighted by atomic mass is 10.4. The molecule has 0 spiro atoms. The molecule has 0 bridgehead atoms. The van der Waals surface area contributed by atoms with E-state index in [9.17, 15) is 0 Å². The predicted octanol–water partition coefficient (Wildman–Crippen LogP) is 3.02. The summed E-state index contributed by atoms with van der Waals surface area (Å²) in [5.74, 6) is -0.193. The molecule has 62 valence electrons. The molecule has 0 rings (SSSR count). The van der Waals surface area contributed by atoms with Gasteiger partial charge in [-0.25, -0.2) is 0 Å². The van der Waals surface area contributed by atoms with Crippen LogP contribution >= 0.6 is 27.5 Å². The number of aliphatic hydroxyl groups excluding tert-OH is 2. The molecule has 0 aromatic rings. The number of hydrogen-bond donors (Lipinski definition) is 2. The zero-order valence-electron chi connectivity index (χ0n) is 5.72. The Balaban J connectivity index is 4.49. The van der Waals surface area contributed by atoms with Crippen LogP contribution in [0.1, 0.15) is 0 Å². The van der Waals surface area contributed by atoms with Gasteiger partial charge >= 0.3 is 0 Å². The van der Waals surface area contributed by atoms with Crippen LogP contribution in [0.15, 0.2) is 35.3 Å². The molecule has 0 atom stereocenters. The fourth-order valence-corrected chi connectivity index (χ4v) is 0.586. The molecule has 11 heavy (non-hydrogen) atoms. The van der Waals surface area contributed by atoms with Gasteiger partial charge in [0.2, 0.25) is 0 Å². The van der Waals surface area contributed by atoms with Gasteiger partial charge in [-0.3, -0.25) is 0 Å². The van der Waals surface area contributed by atoms with Crippen molar-refractivity contribution in [2.24, 2.45) is 0 Å². The molecule has 0 amide bonds. The van der Waals surface area contributed by atoms with Crippen LogP contribution in [0.3, 0.4) is 0 Å². The highest BCUT2D eigenvalue weighted by Gasteiger charge is 1.96. The standard InChI is InChI=1S/C7H8BrClO2/c1-2-6(9)7(11)3-5(10)4-8/h2-3,10-11H,1,4H2/b5-3+,7-6-. The highest BCUT2D eigenvalue weighted by Crippen LogP contribution is 2.10. The van der Waals surface area contributed by atoms with Crippen LogP contribution < -0.4 is 0 Å².